The zero-order chi connectivity index (χ0) is 12.0. The van der Waals surface area contributed by atoms with E-state index in [-0.39, 0.29) is 0 Å². The zero-order valence-corrected chi connectivity index (χ0v) is 9.97. The van der Waals surface area contributed by atoms with Crippen LogP contribution in [0.3, 0.4) is 0 Å². The highest BCUT2D eigenvalue weighted by Crippen LogP contribution is 2.23. The molecule has 0 atom stereocenters. The molecule has 0 spiro atoms. The summed E-state index contributed by atoms with van der Waals surface area (Å²) in [6, 6.07) is 6.06. The van der Waals surface area contributed by atoms with Gasteiger partial charge in [0.25, 0.3) is 0 Å². The standard InChI is InChI=1S/C12H17N3O/c1-9(2)12-5-4-11(8-10(12)3)16-7-6-14-15-13/h4-5,8-9H,6-7H2,1-3H3. The largest absolute Gasteiger partial charge is 0.493 e. The Kier molecular flexibility index (Phi) is 4.67. The molecule has 0 heterocycles. The molecule has 0 amide bonds. The summed E-state index contributed by atoms with van der Waals surface area (Å²) in [7, 11) is 0. The van der Waals surface area contributed by atoms with E-state index in [9.17, 15) is 0 Å². The number of hydrogen-bond acceptors (Lipinski definition) is 2. The van der Waals surface area contributed by atoms with Crippen LogP contribution < -0.4 is 4.74 Å². The summed E-state index contributed by atoms with van der Waals surface area (Å²) in [5.74, 6) is 1.35. The number of rotatable bonds is 5. The van der Waals surface area contributed by atoms with Gasteiger partial charge in [-0.2, -0.15) is 0 Å². The summed E-state index contributed by atoms with van der Waals surface area (Å²) < 4.78 is 5.46. The van der Waals surface area contributed by atoms with Crippen molar-refractivity contribution in [3.63, 3.8) is 0 Å². The van der Waals surface area contributed by atoms with Crippen molar-refractivity contribution in [2.45, 2.75) is 26.7 Å². The molecule has 0 aliphatic carbocycles. The number of azide groups is 1. The van der Waals surface area contributed by atoms with Gasteiger partial charge in [0, 0.05) is 4.91 Å². The quantitative estimate of drug-likeness (QED) is 0.321. The Hall–Kier alpha value is -1.67. The van der Waals surface area contributed by atoms with Crippen molar-refractivity contribution in [1.82, 2.24) is 0 Å². The monoisotopic (exact) mass is 219 g/mol. The second kappa shape index (κ2) is 6.03. The highest BCUT2D eigenvalue weighted by molar-refractivity contribution is 5.36. The molecule has 4 heteroatoms. The van der Waals surface area contributed by atoms with Gasteiger partial charge in [0.05, 0.1) is 13.2 Å². The van der Waals surface area contributed by atoms with E-state index in [1.807, 2.05) is 12.1 Å². The second-order valence-electron chi connectivity index (χ2n) is 3.98. The molecular weight excluding hydrogens is 202 g/mol. The van der Waals surface area contributed by atoms with Gasteiger partial charge in [-0.1, -0.05) is 25.0 Å². The molecule has 0 aromatic heterocycles. The summed E-state index contributed by atoms with van der Waals surface area (Å²) in [5.41, 5.74) is 10.7. The molecule has 0 aliphatic heterocycles. The lowest BCUT2D eigenvalue weighted by Crippen LogP contribution is -2.01. The van der Waals surface area contributed by atoms with Gasteiger partial charge in [-0.3, -0.25) is 0 Å². The molecule has 0 saturated carbocycles. The summed E-state index contributed by atoms with van der Waals surface area (Å²) in [6.07, 6.45) is 0. The van der Waals surface area contributed by atoms with Crippen LogP contribution in [-0.2, 0) is 0 Å². The molecule has 16 heavy (non-hydrogen) atoms. The van der Waals surface area contributed by atoms with Gasteiger partial charge in [-0.15, -0.1) is 0 Å². The molecule has 0 fully saturated rings. The average molecular weight is 219 g/mol. The van der Waals surface area contributed by atoms with E-state index in [0.717, 1.165) is 5.75 Å². The van der Waals surface area contributed by atoms with Crippen LogP contribution in [0.1, 0.15) is 30.9 Å². The minimum Gasteiger partial charge on any atom is -0.493 e. The van der Waals surface area contributed by atoms with Gasteiger partial charge in [0.15, 0.2) is 0 Å². The second-order valence-corrected chi connectivity index (χ2v) is 3.98. The summed E-state index contributed by atoms with van der Waals surface area (Å²) in [4.78, 5) is 2.67. The third kappa shape index (κ3) is 3.48. The van der Waals surface area contributed by atoms with Crippen LogP contribution >= 0.6 is 0 Å². The van der Waals surface area contributed by atoms with E-state index < -0.39 is 0 Å². The lowest BCUT2D eigenvalue weighted by Gasteiger charge is -2.11. The summed E-state index contributed by atoms with van der Waals surface area (Å²) >= 11 is 0. The maximum atomic E-state index is 8.11. The van der Waals surface area contributed by atoms with Crippen LogP contribution in [0.15, 0.2) is 23.3 Å². The Morgan fingerprint density at radius 1 is 1.44 bits per heavy atom. The van der Waals surface area contributed by atoms with Crippen LogP contribution in [0.25, 0.3) is 10.4 Å². The highest BCUT2D eigenvalue weighted by atomic mass is 16.5. The lowest BCUT2D eigenvalue weighted by atomic mass is 9.98. The van der Waals surface area contributed by atoms with Crippen LogP contribution in [0.5, 0.6) is 5.75 Å². The Balaban J connectivity index is 2.62. The van der Waals surface area contributed by atoms with Crippen LogP contribution in [0.2, 0.25) is 0 Å². The zero-order valence-electron chi connectivity index (χ0n) is 9.97. The van der Waals surface area contributed by atoms with Crippen molar-refractivity contribution >= 4 is 0 Å². The number of hydrogen-bond donors (Lipinski definition) is 0. The van der Waals surface area contributed by atoms with Crippen molar-refractivity contribution in [2.24, 2.45) is 5.11 Å². The van der Waals surface area contributed by atoms with Gasteiger partial charge in [-0.25, -0.2) is 0 Å². The van der Waals surface area contributed by atoms with Gasteiger partial charge in [-0.05, 0) is 41.6 Å². The molecule has 0 aliphatic rings. The van der Waals surface area contributed by atoms with Crippen LogP contribution in [-0.4, -0.2) is 13.2 Å². The minimum absolute atomic E-state index is 0.363. The summed E-state index contributed by atoms with van der Waals surface area (Å²) in [6.45, 7) is 7.20. The smallest absolute Gasteiger partial charge is 0.119 e. The number of ether oxygens (including phenoxy) is 1. The van der Waals surface area contributed by atoms with Gasteiger partial charge in [0.2, 0.25) is 0 Å². The molecule has 0 unspecified atom stereocenters. The first-order chi connectivity index (χ1) is 7.65. The van der Waals surface area contributed by atoms with Crippen molar-refractivity contribution in [3.8, 4) is 5.75 Å². The molecule has 1 rings (SSSR count). The Morgan fingerprint density at radius 3 is 2.75 bits per heavy atom. The van der Waals surface area contributed by atoms with Crippen LogP contribution in [0.4, 0.5) is 0 Å². The molecule has 1 aromatic rings. The highest BCUT2D eigenvalue weighted by Gasteiger charge is 2.04. The molecule has 86 valence electrons. The molecule has 1 aromatic carbocycles. The van der Waals surface area contributed by atoms with Gasteiger partial charge in [0.1, 0.15) is 5.75 Å². The van der Waals surface area contributed by atoms with E-state index >= 15 is 0 Å². The molecule has 4 nitrogen and oxygen atoms in total. The predicted molar refractivity (Wildman–Crippen MR) is 64.8 cm³/mol. The van der Waals surface area contributed by atoms with Crippen molar-refractivity contribution < 1.29 is 4.74 Å². The van der Waals surface area contributed by atoms with Gasteiger partial charge < -0.3 is 4.74 Å². The Labute approximate surface area is 95.9 Å². The first kappa shape index (κ1) is 12.4. The van der Waals surface area contributed by atoms with E-state index in [2.05, 4.69) is 36.9 Å². The van der Waals surface area contributed by atoms with Crippen molar-refractivity contribution in [1.29, 1.82) is 0 Å². The molecule has 0 saturated heterocycles. The van der Waals surface area contributed by atoms with Crippen molar-refractivity contribution in [2.75, 3.05) is 13.2 Å². The fourth-order valence-electron chi connectivity index (χ4n) is 1.63. The van der Waals surface area contributed by atoms with Crippen LogP contribution in [0, 0.1) is 6.92 Å². The third-order valence-electron chi connectivity index (χ3n) is 2.39. The molecular formula is C12H17N3O. The van der Waals surface area contributed by atoms with Gasteiger partial charge >= 0.3 is 0 Å². The number of aryl methyl sites for hydroxylation is 1. The Bertz CT molecular complexity index is 395. The number of nitrogens with zero attached hydrogens (tertiary/aromatic N) is 3. The summed E-state index contributed by atoms with van der Waals surface area (Å²) in [5, 5.41) is 3.41. The Morgan fingerprint density at radius 2 is 2.19 bits per heavy atom. The minimum atomic E-state index is 0.363. The van der Waals surface area contributed by atoms with E-state index in [0.29, 0.717) is 19.1 Å². The topological polar surface area (TPSA) is 58.0 Å². The molecule has 0 N–H and O–H groups in total. The van der Waals surface area contributed by atoms with E-state index in [1.165, 1.54) is 11.1 Å². The first-order valence-corrected chi connectivity index (χ1v) is 5.39. The SMILES string of the molecule is Cc1cc(OCCN=[N+]=[N-])ccc1C(C)C. The fourth-order valence-corrected chi connectivity index (χ4v) is 1.63. The first-order valence-electron chi connectivity index (χ1n) is 5.39. The van der Waals surface area contributed by atoms with E-state index in [4.69, 9.17) is 10.3 Å². The normalized spacial score (nSPS) is 10.0. The third-order valence-corrected chi connectivity index (χ3v) is 2.39. The lowest BCUT2D eigenvalue weighted by molar-refractivity contribution is 0.328. The maximum Gasteiger partial charge on any atom is 0.119 e. The maximum absolute atomic E-state index is 8.11. The average Bonchev–Trinajstić information content (AvgIpc) is 2.24. The van der Waals surface area contributed by atoms with Crippen molar-refractivity contribution in [3.05, 3.63) is 39.8 Å². The number of benzene rings is 1. The predicted octanol–water partition coefficient (Wildman–Crippen LogP) is 3.81. The molecule has 0 bridgehead atoms. The molecule has 0 radical (unpaired) electrons. The fraction of sp³-hybridized carbons (Fsp3) is 0.500. The van der Waals surface area contributed by atoms with E-state index in [1.54, 1.807) is 0 Å².